The first-order valence-corrected chi connectivity index (χ1v) is 11.7. The molecule has 0 saturated heterocycles. The molecule has 0 unspecified atom stereocenters. The minimum atomic E-state index is -0.597. The van der Waals surface area contributed by atoms with Gasteiger partial charge in [-0.05, 0) is 41.8 Å². The van der Waals surface area contributed by atoms with E-state index >= 15 is 0 Å². The number of ether oxygens (including phenoxy) is 4. The number of fused-ring (bicyclic) bond motifs is 1. The van der Waals surface area contributed by atoms with Gasteiger partial charge in [-0.1, -0.05) is 31.1 Å². The van der Waals surface area contributed by atoms with Crippen molar-refractivity contribution in [2.24, 2.45) is 11.1 Å². The first-order chi connectivity index (χ1) is 16.5. The van der Waals surface area contributed by atoms with Gasteiger partial charge in [0.2, 0.25) is 6.79 Å². The summed E-state index contributed by atoms with van der Waals surface area (Å²) in [5.41, 5.74) is 2.95. The zero-order chi connectivity index (χ0) is 23.9. The molecule has 2 aliphatic rings. The van der Waals surface area contributed by atoms with E-state index in [1.165, 1.54) is 0 Å². The Morgan fingerprint density at radius 2 is 1.97 bits per heavy atom. The van der Waals surface area contributed by atoms with E-state index in [4.69, 9.17) is 23.8 Å². The highest BCUT2D eigenvalue weighted by Gasteiger charge is 2.27. The molecule has 2 aromatic rings. The number of methoxy groups -OCH3 is 1. The fraction of sp³-hybridized carbons (Fsp3) is 0.500. The summed E-state index contributed by atoms with van der Waals surface area (Å²) in [5, 5.41) is 15.0. The van der Waals surface area contributed by atoms with Crippen molar-refractivity contribution in [3.63, 3.8) is 0 Å². The summed E-state index contributed by atoms with van der Waals surface area (Å²) < 4.78 is 21.9. The van der Waals surface area contributed by atoms with E-state index in [9.17, 15) is 5.11 Å². The molecule has 8 nitrogen and oxygen atoms in total. The van der Waals surface area contributed by atoms with Gasteiger partial charge in [0.1, 0.15) is 11.9 Å². The van der Waals surface area contributed by atoms with Gasteiger partial charge in [-0.15, -0.1) is 0 Å². The van der Waals surface area contributed by atoms with E-state index < -0.39 is 6.10 Å². The van der Waals surface area contributed by atoms with E-state index in [1.54, 1.807) is 7.11 Å². The van der Waals surface area contributed by atoms with E-state index in [-0.39, 0.29) is 12.9 Å². The third-order valence-corrected chi connectivity index (χ3v) is 5.67. The standard InChI is InChI=1S/C26H34N2O6/c1-18(2)15-31-16-21(29)13-28(12-19-5-4-6-22(9-19)30-3)14-23-11-24(27-34-23)20-7-8-25-26(10-20)33-17-32-25/h4-10,18,21,23,29H,11-17H2,1-3H3/t21-,23+/m1/s1. The quantitative estimate of drug-likeness (QED) is 0.509. The summed E-state index contributed by atoms with van der Waals surface area (Å²) in [4.78, 5) is 7.96. The fourth-order valence-electron chi connectivity index (χ4n) is 4.08. The molecule has 0 saturated carbocycles. The lowest BCUT2D eigenvalue weighted by atomic mass is 10.0. The van der Waals surface area contributed by atoms with Crippen LogP contribution in [-0.4, -0.2) is 68.1 Å². The highest BCUT2D eigenvalue weighted by atomic mass is 16.7. The monoisotopic (exact) mass is 470 g/mol. The van der Waals surface area contributed by atoms with Gasteiger partial charge < -0.3 is 28.9 Å². The van der Waals surface area contributed by atoms with Crippen LogP contribution in [0.3, 0.4) is 0 Å². The molecule has 184 valence electrons. The Labute approximate surface area is 201 Å². The SMILES string of the molecule is COc1cccc(CN(C[C@@H](O)COCC(C)C)C[C@@H]2CC(c3ccc4c(c3)OCO4)=NO2)c1. The number of benzene rings is 2. The second-order valence-electron chi connectivity index (χ2n) is 9.17. The summed E-state index contributed by atoms with van der Waals surface area (Å²) in [5.74, 6) is 2.72. The van der Waals surface area contributed by atoms with Crippen molar-refractivity contribution in [1.29, 1.82) is 0 Å². The van der Waals surface area contributed by atoms with Crippen molar-refractivity contribution in [1.82, 2.24) is 4.90 Å². The minimum absolute atomic E-state index is 0.116. The predicted molar refractivity (Wildman–Crippen MR) is 129 cm³/mol. The van der Waals surface area contributed by atoms with Crippen LogP contribution in [-0.2, 0) is 16.1 Å². The maximum absolute atomic E-state index is 10.6. The van der Waals surface area contributed by atoms with Gasteiger partial charge in [-0.2, -0.15) is 0 Å². The third-order valence-electron chi connectivity index (χ3n) is 5.67. The summed E-state index contributed by atoms with van der Waals surface area (Å²) in [6.07, 6.45) is -0.0383. The van der Waals surface area contributed by atoms with Crippen molar-refractivity contribution in [2.75, 3.05) is 40.2 Å². The average molecular weight is 471 g/mol. The van der Waals surface area contributed by atoms with Gasteiger partial charge in [0.25, 0.3) is 0 Å². The number of rotatable bonds is 12. The zero-order valence-electron chi connectivity index (χ0n) is 20.1. The molecule has 2 heterocycles. The molecular formula is C26H34N2O6. The zero-order valence-corrected chi connectivity index (χ0v) is 20.1. The number of aliphatic hydroxyl groups is 1. The van der Waals surface area contributed by atoms with Gasteiger partial charge in [0.15, 0.2) is 11.5 Å². The van der Waals surface area contributed by atoms with Crippen LogP contribution in [0.4, 0.5) is 0 Å². The molecular weight excluding hydrogens is 436 g/mol. The van der Waals surface area contributed by atoms with Gasteiger partial charge in [0.05, 0.1) is 25.5 Å². The van der Waals surface area contributed by atoms with Crippen LogP contribution < -0.4 is 14.2 Å². The van der Waals surface area contributed by atoms with Crippen LogP contribution in [0, 0.1) is 5.92 Å². The molecule has 8 heteroatoms. The van der Waals surface area contributed by atoms with Gasteiger partial charge in [-0.3, -0.25) is 4.90 Å². The molecule has 2 atom stereocenters. The minimum Gasteiger partial charge on any atom is -0.497 e. The fourth-order valence-corrected chi connectivity index (χ4v) is 4.08. The van der Waals surface area contributed by atoms with E-state index in [0.717, 1.165) is 34.1 Å². The number of aliphatic hydroxyl groups excluding tert-OH is 1. The van der Waals surface area contributed by atoms with Crippen molar-refractivity contribution in [3.05, 3.63) is 53.6 Å². The highest BCUT2D eigenvalue weighted by molar-refractivity contribution is 6.01. The van der Waals surface area contributed by atoms with Crippen molar-refractivity contribution in [2.45, 2.75) is 39.0 Å². The normalized spacial score (nSPS) is 17.7. The van der Waals surface area contributed by atoms with Crippen molar-refractivity contribution < 1.29 is 28.9 Å². The second kappa shape index (κ2) is 11.6. The third kappa shape index (κ3) is 6.62. The van der Waals surface area contributed by atoms with Crippen LogP contribution >= 0.6 is 0 Å². The molecule has 0 aliphatic carbocycles. The number of nitrogens with zero attached hydrogens (tertiary/aromatic N) is 2. The van der Waals surface area contributed by atoms with Crippen LogP contribution in [0.5, 0.6) is 17.2 Å². The molecule has 0 radical (unpaired) electrons. The van der Waals surface area contributed by atoms with Crippen LogP contribution in [0.15, 0.2) is 47.6 Å². The maximum Gasteiger partial charge on any atom is 0.231 e. The maximum atomic E-state index is 10.6. The lowest BCUT2D eigenvalue weighted by Gasteiger charge is -2.27. The Morgan fingerprint density at radius 1 is 1.12 bits per heavy atom. The lowest BCUT2D eigenvalue weighted by Crippen LogP contribution is -2.39. The molecule has 0 aromatic heterocycles. The first-order valence-electron chi connectivity index (χ1n) is 11.7. The number of hydrogen-bond donors (Lipinski definition) is 1. The molecule has 1 N–H and O–H groups in total. The Balaban J connectivity index is 1.38. The Kier molecular flexibility index (Phi) is 8.26. The van der Waals surface area contributed by atoms with Gasteiger partial charge >= 0.3 is 0 Å². The molecule has 2 aliphatic heterocycles. The molecule has 0 bridgehead atoms. The Bertz CT molecular complexity index is 980. The number of hydrogen-bond acceptors (Lipinski definition) is 8. The summed E-state index contributed by atoms with van der Waals surface area (Å²) in [7, 11) is 1.66. The summed E-state index contributed by atoms with van der Waals surface area (Å²) in [6.45, 7) is 7.10. The number of oxime groups is 1. The smallest absolute Gasteiger partial charge is 0.231 e. The van der Waals surface area contributed by atoms with E-state index in [0.29, 0.717) is 45.2 Å². The predicted octanol–water partition coefficient (Wildman–Crippen LogP) is 3.45. The second-order valence-corrected chi connectivity index (χ2v) is 9.17. The van der Waals surface area contributed by atoms with E-state index in [2.05, 4.69) is 30.0 Å². The summed E-state index contributed by atoms with van der Waals surface area (Å²) in [6, 6.07) is 13.8. The topological polar surface area (TPSA) is 82.0 Å². The molecule has 34 heavy (non-hydrogen) atoms. The molecule has 0 amide bonds. The first kappa shape index (κ1) is 24.3. The van der Waals surface area contributed by atoms with Crippen molar-refractivity contribution in [3.8, 4) is 17.2 Å². The average Bonchev–Trinajstić information content (AvgIpc) is 3.47. The largest absolute Gasteiger partial charge is 0.497 e. The van der Waals surface area contributed by atoms with Gasteiger partial charge in [-0.25, -0.2) is 0 Å². The van der Waals surface area contributed by atoms with Crippen molar-refractivity contribution >= 4 is 5.71 Å². The molecule has 4 rings (SSSR count). The molecule has 0 spiro atoms. The molecule has 0 fully saturated rings. The highest BCUT2D eigenvalue weighted by Crippen LogP contribution is 2.33. The van der Waals surface area contributed by atoms with Gasteiger partial charge in [0, 0.05) is 38.2 Å². The van der Waals surface area contributed by atoms with Crippen LogP contribution in [0.2, 0.25) is 0 Å². The van der Waals surface area contributed by atoms with E-state index in [1.807, 2.05) is 36.4 Å². The van der Waals surface area contributed by atoms with Crippen LogP contribution in [0.1, 0.15) is 31.4 Å². The summed E-state index contributed by atoms with van der Waals surface area (Å²) >= 11 is 0. The lowest BCUT2D eigenvalue weighted by molar-refractivity contribution is -0.00735. The Morgan fingerprint density at radius 3 is 2.79 bits per heavy atom. The van der Waals surface area contributed by atoms with Crippen LogP contribution in [0.25, 0.3) is 0 Å². The molecule has 2 aromatic carbocycles. The Hall–Kier alpha value is -2.81.